The summed E-state index contributed by atoms with van der Waals surface area (Å²) in [4.78, 5) is 19.7. The van der Waals surface area contributed by atoms with Gasteiger partial charge in [-0.3, -0.25) is 10.1 Å². The van der Waals surface area contributed by atoms with Gasteiger partial charge in [-0.15, -0.1) is 0 Å². The number of nitrogens with zero attached hydrogens (tertiary/aromatic N) is 3. The molecular formula is C19H19N5O2. The molecule has 3 aromatic rings. The summed E-state index contributed by atoms with van der Waals surface area (Å²) in [7, 11) is 0. The van der Waals surface area contributed by atoms with Gasteiger partial charge < -0.3 is 10.6 Å². The summed E-state index contributed by atoms with van der Waals surface area (Å²) in [5, 5.41) is 18.6. The molecule has 132 valence electrons. The third-order valence-corrected chi connectivity index (χ3v) is 4.61. The second kappa shape index (κ2) is 6.95. The number of aromatic nitrogens is 2. The van der Waals surface area contributed by atoms with Crippen molar-refractivity contribution >= 4 is 34.0 Å². The maximum atomic E-state index is 11.0. The average Bonchev–Trinajstić information content (AvgIpc) is 3.15. The number of fused-ring (bicyclic) bond motifs is 1. The van der Waals surface area contributed by atoms with Crippen molar-refractivity contribution in [2.24, 2.45) is 0 Å². The lowest BCUT2D eigenvalue weighted by molar-refractivity contribution is -0.384. The summed E-state index contributed by atoms with van der Waals surface area (Å²) >= 11 is 0. The standard InChI is InChI=1S/C19H19N5O2/c25-24(26)15-9-5-8-14(12-15)21-19-22-17-11-4-3-10-16(17)18(23-19)20-13-6-1-2-7-13/h3-5,8-13H,1-2,6-7H2,(H2,20,21,22,23). The summed E-state index contributed by atoms with van der Waals surface area (Å²) in [6.07, 6.45) is 4.76. The molecule has 1 aromatic heterocycles. The zero-order valence-corrected chi connectivity index (χ0v) is 14.2. The Kier molecular flexibility index (Phi) is 4.35. The van der Waals surface area contributed by atoms with Crippen LogP contribution in [0, 0.1) is 10.1 Å². The van der Waals surface area contributed by atoms with Crippen LogP contribution >= 0.6 is 0 Å². The summed E-state index contributed by atoms with van der Waals surface area (Å²) in [5.41, 5.74) is 1.44. The predicted molar refractivity (Wildman–Crippen MR) is 102 cm³/mol. The average molecular weight is 349 g/mol. The van der Waals surface area contributed by atoms with Crippen LogP contribution in [0.4, 0.5) is 23.1 Å². The van der Waals surface area contributed by atoms with Gasteiger partial charge in [-0.1, -0.05) is 31.0 Å². The van der Waals surface area contributed by atoms with Gasteiger partial charge in [0.25, 0.3) is 5.69 Å². The smallest absolute Gasteiger partial charge is 0.271 e. The number of para-hydroxylation sites is 1. The number of non-ortho nitro benzene ring substituents is 1. The van der Waals surface area contributed by atoms with Crippen molar-refractivity contribution in [3.8, 4) is 0 Å². The van der Waals surface area contributed by atoms with Crippen molar-refractivity contribution < 1.29 is 4.92 Å². The predicted octanol–water partition coefficient (Wildman–Crippen LogP) is 4.64. The lowest BCUT2D eigenvalue weighted by Crippen LogP contribution is -2.16. The van der Waals surface area contributed by atoms with E-state index in [2.05, 4.69) is 20.6 Å². The van der Waals surface area contributed by atoms with Gasteiger partial charge in [-0.05, 0) is 31.0 Å². The Bertz CT molecular complexity index is 954. The molecule has 1 heterocycles. The zero-order valence-electron chi connectivity index (χ0n) is 14.2. The fourth-order valence-corrected chi connectivity index (χ4v) is 3.33. The van der Waals surface area contributed by atoms with E-state index in [1.54, 1.807) is 12.1 Å². The van der Waals surface area contributed by atoms with Gasteiger partial charge >= 0.3 is 0 Å². The van der Waals surface area contributed by atoms with E-state index in [-0.39, 0.29) is 5.69 Å². The molecule has 1 aliphatic carbocycles. The summed E-state index contributed by atoms with van der Waals surface area (Å²) in [6, 6.07) is 14.6. The highest BCUT2D eigenvalue weighted by Gasteiger charge is 2.17. The molecule has 0 aliphatic heterocycles. The number of benzene rings is 2. The van der Waals surface area contributed by atoms with Crippen LogP contribution in [0.1, 0.15) is 25.7 Å². The molecular weight excluding hydrogens is 330 g/mol. The van der Waals surface area contributed by atoms with Crippen LogP contribution < -0.4 is 10.6 Å². The van der Waals surface area contributed by atoms with Crippen molar-refractivity contribution in [3.05, 3.63) is 58.6 Å². The van der Waals surface area contributed by atoms with E-state index in [1.165, 1.54) is 25.0 Å². The van der Waals surface area contributed by atoms with Crippen molar-refractivity contribution in [1.82, 2.24) is 9.97 Å². The number of rotatable bonds is 5. The molecule has 0 atom stereocenters. The maximum Gasteiger partial charge on any atom is 0.271 e. The highest BCUT2D eigenvalue weighted by atomic mass is 16.6. The Hall–Kier alpha value is -3.22. The molecule has 1 aliphatic rings. The normalized spacial score (nSPS) is 14.5. The van der Waals surface area contributed by atoms with Gasteiger partial charge in [-0.25, -0.2) is 4.98 Å². The van der Waals surface area contributed by atoms with Gasteiger partial charge in [0.1, 0.15) is 5.82 Å². The lowest BCUT2D eigenvalue weighted by Gasteiger charge is -2.16. The quantitative estimate of drug-likeness (QED) is 0.515. The topological polar surface area (TPSA) is 93.0 Å². The van der Waals surface area contributed by atoms with Crippen LogP contribution in [0.25, 0.3) is 10.9 Å². The molecule has 0 saturated heterocycles. The highest BCUT2D eigenvalue weighted by molar-refractivity contribution is 5.90. The number of hydrogen-bond donors (Lipinski definition) is 2. The van der Waals surface area contributed by atoms with Crippen LogP contribution in [0.15, 0.2) is 48.5 Å². The van der Waals surface area contributed by atoms with Gasteiger partial charge in [0, 0.05) is 29.2 Å². The number of nitro benzene ring substituents is 1. The minimum absolute atomic E-state index is 0.0279. The number of nitrogens with one attached hydrogen (secondary N) is 2. The minimum atomic E-state index is -0.417. The van der Waals surface area contributed by atoms with Crippen molar-refractivity contribution in [3.63, 3.8) is 0 Å². The molecule has 0 radical (unpaired) electrons. The third-order valence-electron chi connectivity index (χ3n) is 4.61. The summed E-state index contributed by atoms with van der Waals surface area (Å²) in [6.45, 7) is 0. The largest absolute Gasteiger partial charge is 0.367 e. The SMILES string of the molecule is O=[N+]([O-])c1cccc(Nc2nc(NC3CCCC3)c3ccccc3n2)c1. The van der Waals surface area contributed by atoms with E-state index in [4.69, 9.17) is 0 Å². The number of hydrogen-bond acceptors (Lipinski definition) is 6. The molecule has 2 N–H and O–H groups in total. The highest BCUT2D eigenvalue weighted by Crippen LogP contribution is 2.28. The lowest BCUT2D eigenvalue weighted by atomic mass is 10.2. The molecule has 4 rings (SSSR count). The van der Waals surface area contributed by atoms with E-state index in [1.807, 2.05) is 24.3 Å². The summed E-state index contributed by atoms with van der Waals surface area (Å²) < 4.78 is 0. The van der Waals surface area contributed by atoms with E-state index in [0.717, 1.165) is 29.6 Å². The van der Waals surface area contributed by atoms with E-state index >= 15 is 0 Å². The molecule has 0 unspecified atom stereocenters. The molecule has 1 saturated carbocycles. The minimum Gasteiger partial charge on any atom is -0.367 e. The van der Waals surface area contributed by atoms with Crippen molar-refractivity contribution in [1.29, 1.82) is 0 Å². The molecule has 0 amide bonds. The number of nitro groups is 1. The third kappa shape index (κ3) is 3.42. The van der Waals surface area contributed by atoms with Crippen LogP contribution in [-0.4, -0.2) is 20.9 Å². The monoisotopic (exact) mass is 349 g/mol. The van der Waals surface area contributed by atoms with E-state index in [0.29, 0.717) is 17.7 Å². The van der Waals surface area contributed by atoms with Crippen LogP contribution in [0.2, 0.25) is 0 Å². The van der Waals surface area contributed by atoms with Gasteiger partial charge in [-0.2, -0.15) is 4.98 Å². The molecule has 0 spiro atoms. The zero-order chi connectivity index (χ0) is 17.9. The first-order valence-electron chi connectivity index (χ1n) is 8.74. The Morgan fingerprint density at radius 2 is 1.85 bits per heavy atom. The first-order chi connectivity index (χ1) is 12.7. The summed E-state index contributed by atoms with van der Waals surface area (Å²) in [5.74, 6) is 1.22. The van der Waals surface area contributed by atoms with Gasteiger partial charge in [0.05, 0.1) is 10.4 Å². The molecule has 2 aromatic carbocycles. The second-order valence-electron chi connectivity index (χ2n) is 6.47. The molecule has 7 nitrogen and oxygen atoms in total. The molecule has 1 fully saturated rings. The Labute approximate surface area is 150 Å². The van der Waals surface area contributed by atoms with Gasteiger partial charge in [0.2, 0.25) is 5.95 Å². The van der Waals surface area contributed by atoms with E-state index in [9.17, 15) is 10.1 Å². The molecule has 7 heteroatoms. The Balaban J connectivity index is 1.68. The number of anilines is 3. The Morgan fingerprint density at radius 1 is 1.04 bits per heavy atom. The Morgan fingerprint density at radius 3 is 2.65 bits per heavy atom. The van der Waals surface area contributed by atoms with Crippen molar-refractivity contribution in [2.75, 3.05) is 10.6 Å². The first kappa shape index (κ1) is 16.3. The fourth-order valence-electron chi connectivity index (χ4n) is 3.33. The first-order valence-corrected chi connectivity index (χ1v) is 8.74. The van der Waals surface area contributed by atoms with Crippen LogP contribution in [0.3, 0.4) is 0 Å². The molecule has 0 bridgehead atoms. The van der Waals surface area contributed by atoms with Crippen LogP contribution in [-0.2, 0) is 0 Å². The fraction of sp³-hybridized carbons (Fsp3) is 0.263. The van der Waals surface area contributed by atoms with Crippen LogP contribution in [0.5, 0.6) is 0 Å². The van der Waals surface area contributed by atoms with E-state index < -0.39 is 4.92 Å². The van der Waals surface area contributed by atoms with Gasteiger partial charge in [0.15, 0.2) is 0 Å². The second-order valence-corrected chi connectivity index (χ2v) is 6.47. The molecule has 26 heavy (non-hydrogen) atoms. The van der Waals surface area contributed by atoms with Crippen molar-refractivity contribution in [2.45, 2.75) is 31.7 Å². The maximum absolute atomic E-state index is 11.0.